The lowest BCUT2D eigenvalue weighted by Crippen LogP contribution is -2.52. The Morgan fingerprint density at radius 1 is 1.26 bits per heavy atom. The lowest BCUT2D eigenvalue weighted by Gasteiger charge is -2.36. The van der Waals surface area contributed by atoms with Gasteiger partial charge in [-0.1, -0.05) is 0 Å². The number of carbonyl (C=O) groups is 1. The molecule has 2 saturated heterocycles. The van der Waals surface area contributed by atoms with Crippen molar-refractivity contribution in [2.75, 3.05) is 52.9 Å². The molecule has 0 radical (unpaired) electrons. The first-order chi connectivity index (χ1) is 9.15. The zero-order chi connectivity index (χ0) is 13.8. The molecule has 0 bridgehead atoms. The smallest absolute Gasteiger partial charge is 0.320 e. The molecule has 2 N–H and O–H groups in total. The summed E-state index contributed by atoms with van der Waals surface area (Å²) in [5.74, 6) is 0. The fraction of sp³-hybridized carbons (Fsp3) is 0.923. The zero-order valence-corrected chi connectivity index (χ0v) is 12.0. The minimum Gasteiger partial charge on any atom is -0.379 e. The minimum atomic E-state index is 0.121. The van der Waals surface area contributed by atoms with Crippen molar-refractivity contribution in [3.63, 3.8) is 0 Å². The van der Waals surface area contributed by atoms with Crippen molar-refractivity contribution >= 4 is 6.03 Å². The molecule has 2 heterocycles. The fourth-order valence-corrected chi connectivity index (χ4v) is 2.85. The highest BCUT2D eigenvalue weighted by Crippen LogP contribution is 2.13. The van der Waals surface area contributed by atoms with Gasteiger partial charge in [-0.3, -0.25) is 4.90 Å². The second kappa shape index (κ2) is 6.54. The summed E-state index contributed by atoms with van der Waals surface area (Å²) in [5.41, 5.74) is 6.01. The Bertz CT molecular complexity index is 313. The van der Waals surface area contributed by atoms with Gasteiger partial charge < -0.3 is 20.3 Å². The summed E-state index contributed by atoms with van der Waals surface area (Å²) in [6.45, 7) is 8.14. The number of piperidine rings is 1. The molecular formula is C13H26N4O2. The molecule has 2 rings (SSSR count). The van der Waals surface area contributed by atoms with E-state index < -0.39 is 0 Å². The summed E-state index contributed by atoms with van der Waals surface area (Å²) >= 11 is 0. The van der Waals surface area contributed by atoms with Crippen LogP contribution >= 0.6 is 0 Å². The van der Waals surface area contributed by atoms with Gasteiger partial charge in [-0.15, -0.1) is 0 Å². The number of nitrogens with two attached hydrogens (primary N) is 1. The van der Waals surface area contributed by atoms with Crippen molar-refractivity contribution in [2.45, 2.75) is 25.5 Å². The van der Waals surface area contributed by atoms with Crippen LogP contribution < -0.4 is 5.73 Å². The third kappa shape index (κ3) is 3.38. The predicted octanol–water partition coefficient (Wildman–Crippen LogP) is -0.208. The summed E-state index contributed by atoms with van der Waals surface area (Å²) in [6, 6.07) is 0.324. The number of hydrogen-bond donors (Lipinski definition) is 1. The maximum atomic E-state index is 12.0. The van der Waals surface area contributed by atoms with Gasteiger partial charge in [-0.25, -0.2) is 4.79 Å². The van der Waals surface area contributed by atoms with Gasteiger partial charge in [-0.05, 0) is 19.9 Å². The third-order valence-electron chi connectivity index (χ3n) is 4.25. The third-order valence-corrected chi connectivity index (χ3v) is 4.25. The number of carbonyl (C=O) groups excluding carboxylic acids is 1. The maximum Gasteiger partial charge on any atom is 0.320 e. The standard InChI is InChI=1S/C13H26N4O2/c1-3-16-8-9-17(13(16)18)7-6-15-5-4-11(14)12(10-15)19-2/h11-12H,3-10,14H2,1-2H3/t11-,12+/m1/s1. The topological polar surface area (TPSA) is 62.0 Å². The summed E-state index contributed by atoms with van der Waals surface area (Å²) in [7, 11) is 1.72. The molecule has 6 nitrogen and oxygen atoms in total. The van der Waals surface area contributed by atoms with E-state index in [9.17, 15) is 4.79 Å². The van der Waals surface area contributed by atoms with Crippen molar-refractivity contribution < 1.29 is 9.53 Å². The van der Waals surface area contributed by atoms with E-state index in [0.717, 1.165) is 52.2 Å². The molecule has 6 heteroatoms. The second-order valence-corrected chi connectivity index (χ2v) is 5.38. The molecule has 2 aliphatic heterocycles. The lowest BCUT2D eigenvalue weighted by molar-refractivity contribution is 0.0153. The van der Waals surface area contributed by atoms with Gasteiger partial charge in [0.2, 0.25) is 0 Å². The van der Waals surface area contributed by atoms with E-state index in [-0.39, 0.29) is 18.2 Å². The molecule has 0 aliphatic carbocycles. The maximum absolute atomic E-state index is 12.0. The highest BCUT2D eigenvalue weighted by Gasteiger charge is 2.29. The Morgan fingerprint density at radius 2 is 2.00 bits per heavy atom. The Hall–Kier alpha value is -0.850. The van der Waals surface area contributed by atoms with E-state index >= 15 is 0 Å². The molecule has 2 amide bonds. The van der Waals surface area contributed by atoms with Crippen LogP contribution in [-0.2, 0) is 4.74 Å². The summed E-state index contributed by atoms with van der Waals surface area (Å²) in [4.78, 5) is 18.2. The van der Waals surface area contributed by atoms with Crippen LogP contribution in [0.3, 0.4) is 0 Å². The van der Waals surface area contributed by atoms with Crippen LogP contribution in [0.25, 0.3) is 0 Å². The number of likely N-dealkylation sites (N-methyl/N-ethyl adjacent to an activating group) is 1. The molecule has 2 atom stereocenters. The molecule has 0 spiro atoms. The van der Waals surface area contributed by atoms with E-state index in [1.54, 1.807) is 7.11 Å². The molecule has 0 aromatic carbocycles. The van der Waals surface area contributed by atoms with Crippen LogP contribution in [0.2, 0.25) is 0 Å². The average Bonchev–Trinajstić information content (AvgIpc) is 2.78. The highest BCUT2D eigenvalue weighted by molar-refractivity contribution is 5.76. The van der Waals surface area contributed by atoms with Gasteiger partial charge in [0, 0.05) is 52.4 Å². The Kier molecular flexibility index (Phi) is 5.01. The number of rotatable bonds is 5. The lowest BCUT2D eigenvalue weighted by atomic mass is 10.0. The van der Waals surface area contributed by atoms with E-state index in [1.807, 2.05) is 16.7 Å². The normalized spacial score (nSPS) is 29.3. The fourth-order valence-electron chi connectivity index (χ4n) is 2.85. The van der Waals surface area contributed by atoms with Crippen molar-refractivity contribution in [3.8, 4) is 0 Å². The Balaban J connectivity index is 1.75. The van der Waals surface area contributed by atoms with Crippen LogP contribution in [-0.4, -0.2) is 85.8 Å². The Morgan fingerprint density at radius 3 is 2.63 bits per heavy atom. The van der Waals surface area contributed by atoms with Crippen LogP contribution in [0.5, 0.6) is 0 Å². The molecule has 2 aliphatic rings. The van der Waals surface area contributed by atoms with E-state index in [4.69, 9.17) is 10.5 Å². The molecule has 0 aromatic rings. The summed E-state index contributed by atoms with van der Waals surface area (Å²) in [6.07, 6.45) is 1.09. The van der Waals surface area contributed by atoms with Crippen LogP contribution in [0, 0.1) is 0 Å². The van der Waals surface area contributed by atoms with Crippen LogP contribution in [0.1, 0.15) is 13.3 Å². The van der Waals surface area contributed by atoms with Gasteiger partial charge in [0.15, 0.2) is 0 Å². The SMILES string of the molecule is CCN1CCN(CCN2CC[C@@H](N)[C@@H](OC)C2)C1=O. The number of amides is 2. The molecule has 19 heavy (non-hydrogen) atoms. The van der Waals surface area contributed by atoms with E-state index in [1.165, 1.54) is 0 Å². The zero-order valence-electron chi connectivity index (χ0n) is 12.0. The monoisotopic (exact) mass is 270 g/mol. The molecule has 0 unspecified atom stereocenters. The summed E-state index contributed by atoms with van der Waals surface area (Å²) in [5, 5.41) is 0. The van der Waals surface area contributed by atoms with Crippen molar-refractivity contribution in [3.05, 3.63) is 0 Å². The number of ether oxygens (including phenoxy) is 1. The summed E-state index contributed by atoms with van der Waals surface area (Å²) < 4.78 is 5.41. The Labute approximate surface area is 115 Å². The second-order valence-electron chi connectivity index (χ2n) is 5.38. The number of hydrogen-bond acceptors (Lipinski definition) is 4. The van der Waals surface area contributed by atoms with Crippen molar-refractivity contribution in [2.24, 2.45) is 5.73 Å². The van der Waals surface area contributed by atoms with Gasteiger partial charge in [-0.2, -0.15) is 0 Å². The first-order valence-corrected chi connectivity index (χ1v) is 7.20. The van der Waals surface area contributed by atoms with E-state index in [2.05, 4.69) is 4.90 Å². The number of likely N-dealkylation sites (tertiary alicyclic amines) is 1. The van der Waals surface area contributed by atoms with Gasteiger partial charge in [0.1, 0.15) is 0 Å². The van der Waals surface area contributed by atoms with Crippen LogP contribution in [0.4, 0.5) is 4.79 Å². The first-order valence-electron chi connectivity index (χ1n) is 7.20. The number of nitrogens with zero attached hydrogens (tertiary/aromatic N) is 3. The van der Waals surface area contributed by atoms with Crippen molar-refractivity contribution in [1.29, 1.82) is 0 Å². The minimum absolute atomic E-state index is 0.121. The molecule has 0 aromatic heterocycles. The molecule has 2 fully saturated rings. The largest absolute Gasteiger partial charge is 0.379 e. The average molecular weight is 270 g/mol. The number of methoxy groups -OCH3 is 1. The number of urea groups is 1. The molecular weight excluding hydrogens is 244 g/mol. The molecule has 110 valence electrons. The van der Waals surface area contributed by atoms with Crippen molar-refractivity contribution in [1.82, 2.24) is 14.7 Å². The first kappa shape index (κ1) is 14.6. The van der Waals surface area contributed by atoms with Gasteiger partial charge in [0.25, 0.3) is 0 Å². The quantitative estimate of drug-likeness (QED) is 0.751. The van der Waals surface area contributed by atoms with Gasteiger partial charge in [0.05, 0.1) is 6.10 Å². The van der Waals surface area contributed by atoms with Gasteiger partial charge >= 0.3 is 6.03 Å². The molecule has 0 saturated carbocycles. The van der Waals surface area contributed by atoms with E-state index in [0.29, 0.717) is 0 Å². The predicted molar refractivity (Wildman–Crippen MR) is 74.0 cm³/mol. The highest BCUT2D eigenvalue weighted by atomic mass is 16.5. The van der Waals surface area contributed by atoms with Crippen LogP contribution in [0.15, 0.2) is 0 Å².